The van der Waals surface area contributed by atoms with Gasteiger partial charge in [-0.1, -0.05) is 24.3 Å². The normalized spacial score (nSPS) is 11.7. The average Bonchev–Trinajstić information content (AvgIpc) is 3.61. The van der Waals surface area contributed by atoms with Crippen LogP contribution < -0.4 is 10.1 Å². The molecule has 1 amide bonds. The Balaban J connectivity index is 1.17. The number of alkyl halides is 3. The smallest absolute Gasteiger partial charge is 0.416 e. The van der Waals surface area contributed by atoms with Gasteiger partial charge in [-0.3, -0.25) is 4.79 Å². The molecule has 0 unspecified atom stereocenters. The number of carbonyl (C=O) groups is 1. The van der Waals surface area contributed by atoms with E-state index in [-0.39, 0.29) is 12.5 Å². The molecule has 2 aromatic heterocycles. The number of unbranched alkanes of at least 4 members (excludes halogenated alkanes) is 1. The number of aromatic nitrogens is 3. The lowest BCUT2D eigenvalue weighted by molar-refractivity contribution is -0.137. The number of nitrogens with one attached hydrogen (secondary N) is 1. The van der Waals surface area contributed by atoms with E-state index < -0.39 is 11.7 Å². The SMILES string of the molecule is CNC(=O)CCc1nccn1CCCCc1ccc(OCc2coc(/C=C/c3ccc(C(F)(F)F)cc3)n2)cc1. The Bertz CT molecular complexity index is 1390. The highest BCUT2D eigenvalue weighted by Gasteiger charge is 2.29. The Hall–Kier alpha value is -4.34. The monoisotopic (exact) mass is 552 g/mol. The summed E-state index contributed by atoms with van der Waals surface area (Å²) in [6, 6.07) is 12.8. The lowest BCUT2D eigenvalue weighted by Gasteiger charge is -2.08. The van der Waals surface area contributed by atoms with Gasteiger partial charge in [0.15, 0.2) is 0 Å². The summed E-state index contributed by atoms with van der Waals surface area (Å²) < 4.78 is 51.4. The van der Waals surface area contributed by atoms with Crippen molar-refractivity contribution in [3.63, 3.8) is 0 Å². The third-order valence-electron chi connectivity index (χ3n) is 6.31. The number of aryl methyl sites for hydroxylation is 3. The molecule has 0 radical (unpaired) electrons. The number of hydrogen-bond acceptors (Lipinski definition) is 5. The predicted octanol–water partition coefficient (Wildman–Crippen LogP) is 6.34. The first-order chi connectivity index (χ1) is 19.3. The van der Waals surface area contributed by atoms with Crippen LogP contribution in [0.1, 0.15) is 53.4 Å². The Labute approximate surface area is 230 Å². The summed E-state index contributed by atoms with van der Waals surface area (Å²) >= 11 is 0. The minimum atomic E-state index is -4.36. The van der Waals surface area contributed by atoms with Crippen molar-refractivity contribution in [2.75, 3.05) is 7.05 Å². The van der Waals surface area contributed by atoms with Crippen LogP contribution in [0.3, 0.4) is 0 Å². The van der Waals surface area contributed by atoms with E-state index in [0.717, 1.165) is 43.8 Å². The van der Waals surface area contributed by atoms with Gasteiger partial charge in [0, 0.05) is 44.9 Å². The van der Waals surface area contributed by atoms with Crippen LogP contribution >= 0.6 is 0 Å². The van der Waals surface area contributed by atoms with Crippen LogP contribution in [-0.4, -0.2) is 27.5 Å². The van der Waals surface area contributed by atoms with Gasteiger partial charge in [-0.15, -0.1) is 0 Å². The second-order valence-corrected chi connectivity index (χ2v) is 9.23. The van der Waals surface area contributed by atoms with E-state index in [9.17, 15) is 18.0 Å². The number of ether oxygens (including phenoxy) is 1. The zero-order chi connectivity index (χ0) is 28.4. The van der Waals surface area contributed by atoms with Gasteiger partial charge in [0.1, 0.15) is 30.1 Å². The highest BCUT2D eigenvalue weighted by molar-refractivity contribution is 5.75. The van der Waals surface area contributed by atoms with Gasteiger partial charge >= 0.3 is 6.18 Å². The topological polar surface area (TPSA) is 82.2 Å². The number of halogens is 3. The second kappa shape index (κ2) is 13.6. The number of carbonyl (C=O) groups excluding carboxylic acids is 1. The molecular formula is C30H31F3N4O3. The van der Waals surface area contributed by atoms with E-state index in [2.05, 4.69) is 19.9 Å². The van der Waals surface area contributed by atoms with E-state index in [1.165, 1.54) is 24.0 Å². The average molecular weight is 553 g/mol. The molecule has 0 saturated carbocycles. The molecule has 210 valence electrons. The van der Waals surface area contributed by atoms with Crippen molar-refractivity contribution in [2.24, 2.45) is 0 Å². The van der Waals surface area contributed by atoms with Crippen LogP contribution in [0.5, 0.6) is 5.75 Å². The quantitative estimate of drug-likeness (QED) is 0.196. The molecule has 0 fully saturated rings. The molecule has 0 aliphatic heterocycles. The minimum absolute atomic E-state index is 0.0136. The Morgan fingerprint density at radius 1 is 1.05 bits per heavy atom. The number of imidazole rings is 1. The summed E-state index contributed by atoms with van der Waals surface area (Å²) in [5.74, 6) is 2.00. The minimum Gasteiger partial charge on any atom is -0.487 e. The second-order valence-electron chi connectivity index (χ2n) is 9.23. The predicted molar refractivity (Wildman–Crippen MR) is 145 cm³/mol. The summed E-state index contributed by atoms with van der Waals surface area (Å²) in [6.07, 6.45) is 8.13. The zero-order valence-corrected chi connectivity index (χ0v) is 22.2. The number of benzene rings is 2. The Morgan fingerprint density at radius 2 is 1.82 bits per heavy atom. The van der Waals surface area contributed by atoms with Crippen molar-refractivity contribution in [2.45, 2.75) is 51.4 Å². The number of amides is 1. The van der Waals surface area contributed by atoms with Crippen molar-refractivity contribution in [3.05, 3.63) is 101 Å². The van der Waals surface area contributed by atoms with E-state index in [4.69, 9.17) is 9.15 Å². The van der Waals surface area contributed by atoms with Crippen molar-refractivity contribution >= 4 is 18.1 Å². The third kappa shape index (κ3) is 8.59. The van der Waals surface area contributed by atoms with Gasteiger partial charge in [-0.25, -0.2) is 9.97 Å². The third-order valence-corrected chi connectivity index (χ3v) is 6.31. The van der Waals surface area contributed by atoms with Crippen molar-refractivity contribution < 1.29 is 27.1 Å². The summed E-state index contributed by atoms with van der Waals surface area (Å²) in [5, 5.41) is 2.63. The molecule has 0 spiro atoms. The van der Waals surface area contributed by atoms with E-state index in [1.54, 1.807) is 25.4 Å². The molecule has 10 heteroatoms. The fourth-order valence-corrected chi connectivity index (χ4v) is 4.06. The molecule has 7 nitrogen and oxygen atoms in total. The molecule has 4 aromatic rings. The molecule has 0 atom stereocenters. The maximum absolute atomic E-state index is 12.7. The standard InChI is InChI=1S/C30H31F3N4O3/c1-34-28(38)15-14-27-35-17-19-37(27)18-3-2-4-22-7-12-26(13-8-22)39-20-25-21-40-29(36-25)16-9-23-5-10-24(11-6-23)30(31,32)33/h5-13,16-17,19,21H,2-4,14-15,18,20H2,1H3,(H,34,38)/b16-9+. The van der Waals surface area contributed by atoms with Crippen LogP contribution in [-0.2, 0) is 37.0 Å². The van der Waals surface area contributed by atoms with Crippen LogP contribution in [0.2, 0.25) is 0 Å². The van der Waals surface area contributed by atoms with Crippen LogP contribution in [0, 0.1) is 0 Å². The number of oxazole rings is 1. The van der Waals surface area contributed by atoms with Gasteiger partial charge in [-0.2, -0.15) is 13.2 Å². The summed E-state index contributed by atoms with van der Waals surface area (Å²) in [5.41, 5.74) is 1.73. The van der Waals surface area contributed by atoms with Crippen LogP contribution in [0.15, 0.2) is 71.6 Å². The van der Waals surface area contributed by atoms with Crippen LogP contribution in [0.4, 0.5) is 13.2 Å². The first-order valence-corrected chi connectivity index (χ1v) is 13.0. The highest BCUT2D eigenvalue weighted by atomic mass is 19.4. The first-order valence-electron chi connectivity index (χ1n) is 13.0. The molecule has 2 heterocycles. The lowest BCUT2D eigenvalue weighted by Crippen LogP contribution is -2.19. The molecule has 0 aliphatic rings. The molecule has 0 saturated heterocycles. The molecule has 2 aromatic carbocycles. The van der Waals surface area contributed by atoms with Gasteiger partial charge in [-0.05, 0) is 60.7 Å². The van der Waals surface area contributed by atoms with E-state index in [0.29, 0.717) is 35.7 Å². The number of hydrogen-bond donors (Lipinski definition) is 1. The molecule has 1 N–H and O–H groups in total. The van der Waals surface area contributed by atoms with Crippen molar-refractivity contribution in [1.82, 2.24) is 19.9 Å². The van der Waals surface area contributed by atoms with Gasteiger partial charge < -0.3 is 19.0 Å². The van der Waals surface area contributed by atoms with Gasteiger partial charge in [0.05, 0.1) is 5.56 Å². The Kier molecular flexibility index (Phi) is 9.77. The van der Waals surface area contributed by atoms with Crippen molar-refractivity contribution in [3.8, 4) is 5.75 Å². The summed E-state index contributed by atoms with van der Waals surface area (Å²) in [7, 11) is 1.64. The Morgan fingerprint density at radius 3 is 2.55 bits per heavy atom. The molecule has 0 aliphatic carbocycles. The van der Waals surface area contributed by atoms with Gasteiger partial charge in [0.25, 0.3) is 0 Å². The maximum atomic E-state index is 12.7. The molecule has 4 rings (SSSR count). The molecule has 40 heavy (non-hydrogen) atoms. The first kappa shape index (κ1) is 28.7. The fraction of sp³-hybridized carbons (Fsp3) is 0.300. The number of nitrogens with zero attached hydrogens (tertiary/aromatic N) is 3. The number of rotatable bonds is 13. The summed E-state index contributed by atoms with van der Waals surface area (Å²) in [6.45, 7) is 1.09. The molecule has 0 bridgehead atoms. The largest absolute Gasteiger partial charge is 0.487 e. The highest BCUT2D eigenvalue weighted by Crippen LogP contribution is 2.29. The zero-order valence-electron chi connectivity index (χ0n) is 22.2. The van der Waals surface area contributed by atoms with Gasteiger partial charge in [0.2, 0.25) is 11.8 Å². The van der Waals surface area contributed by atoms with Crippen molar-refractivity contribution in [1.29, 1.82) is 0 Å². The van der Waals surface area contributed by atoms with E-state index >= 15 is 0 Å². The lowest BCUT2D eigenvalue weighted by atomic mass is 10.1. The fourth-order valence-electron chi connectivity index (χ4n) is 4.06. The van der Waals surface area contributed by atoms with Crippen LogP contribution in [0.25, 0.3) is 12.2 Å². The maximum Gasteiger partial charge on any atom is 0.416 e. The molecular weight excluding hydrogens is 521 g/mol. The van der Waals surface area contributed by atoms with E-state index in [1.807, 2.05) is 30.5 Å². The summed E-state index contributed by atoms with van der Waals surface area (Å²) in [4.78, 5) is 20.2.